The lowest BCUT2D eigenvalue weighted by atomic mass is 10.1. The third-order valence-electron chi connectivity index (χ3n) is 3.13. The molecule has 1 N–H and O–H groups in total. The molecule has 1 fully saturated rings. The SMILES string of the molecule is CCNC(=NCCC(=O)OC)N1CCC(COC)C1. The van der Waals surface area contributed by atoms with Gasteiger partial charge in [0.2, 0.25) is 0 Å². The molecule has 0 aromatic carbocycles. The summed E-state index contributed by atoms with van der Waals surface area (Å²) < 4.78 is 9.80. The van der Waals surface area contributed by atoms with Crippen molar-refractivity contribution < 1.29 is 14.3 Å². The van der Waals surface area contributed by atoms with Crippen molar-refractivity contribution in [1.29, 1.82) is 0 Å². The number of hydrogen-bond donors (Lipinski definition) is 1. The Labute approximate surface area is 115 Å². The van der Waals surface area contributed by atoms with E-state index >= 15 is 0 Å². The van der Waals surface area contributed by atoms with Gasteiger partial charge in [0.05, 0.1) is 26.7 Å². The highest BCUT2D eigenvalue weighted by Crippen LogP contribution is 2.16. The first-order chi connectivity index (χ1) is 9.21. The van der Waals surface area contributed by atoms with Gasteiger partial charge in [-0.3, -0.25) is 9.79 Å². The third kappa shape index (κ3) is 5.46. The molecule has 110 valence electrons. The minimum atomic E-state index is -0.224. The fourth-order valence-corrected chi connectivity index (χ4v) is 2.18. The predicted octanol–water partition coefficient (Wildman–Crippen LogP) is 0.483. The van der Waals surface area contributed by atoms with Crippen molar-refractivity contribution in [2.45, 2.75) is 19.8 Å². The van der Waals surface area contributed by atoms with Crippen molar-refractivity contribution in [2.75, 3.05) is 47.0 Å². The number of hydrogen-bond acceptors (Lipinski definition) is 4. The molecule has 0 radical (unpaired) electrons. The molecule has 0 spiro atoms. The molecule has 0 bridgehead atoms. The van der Waals surface area contributed by atoms with E-state index < -0.39 is 0 Å². The topological polar surface area (TPSA) is 63.2 Å². The molecule has 6 heteroatoms. The second kappa shape index (κ2) is 8.74. The van der Waals surface area contributed by atoms with E-state index in [1.54, 1.807) is 7.11 Å². The number of aliphatic imine (C=N–C) groups is 1. The van der Waals surface area contributed by atoms with Gasteiger partial charge in [0.15, 0.2) is 5.96 Å². The van der Waals surface area contributed by atoms with Crippen LogP contribution < -0.4 is 5.32 Å². The number of methoxy groups -OCH3 is 2. The van der Waals surface area contributed by atoms with Gasteiger partial charge in [0, 0.05) is 32.7 Å². The molecule has 19 heavy (non-hydrogen) atoms. The van der Waals surface area contributed by atoms with E-state index in [4.69, 9.17) is 4.74 Å². The summed E-state index contributed by atoms with van der Waals surface area (Å²) >= 11 is 0. The smallest absolute Gasteiger partial charge is 0.307 e. The lowest BCUT2D eigenvalue weighted by Gasteiger charge is -2.21. The molecule has 1 rings (SSSR count). The van der Waals surface area contributed by atoms with Crippen molar-refractivity contribution in [3.05, 3.63) is 0 Å². The summed E-state index contributed by atoms with van der Waals surface area (Å²) in [7, 11) is 3.13. The average molecular weight is 271 g/mol. The van der Waals surface area contributed by atoms with E-state index in [0.29, 0.717) is 18.9 Å². The summed E-state index contributed by atoms with van der Waals surface area (Å²) in [6.45, 7) is 6.05. The van der Waals surface area contributed by atoms with Gasteiger partial charge >= 0.3 is 5.97 Å². The number of guanidine groups is 1. The van der Waals surface area contributed by atoms with Crippen LogP contribution in [0, 0.1) is 5.92 Å². The summed E-state index contributed by atoms with van der Waals surface area (Å²) in [5, 5.41) is 3.26. The van der Waals surface area contributed by atoms with Crippen molar-refractivity contribution in [3.8, 4) is 0 Å². The molecule has 0 amide bonds. The van der Waals surface area contributed by atoms with Crippen LogP contribution in [0.25, 0.3) is 0 Å². The van der Waals surface area contributed by atoms with Crippen LogP contribution in [0.5, 0.6) is 0 Å². The maximum absolute atomic E-state index is 11.1. The lowest BCUT2D eigenvalue weighted by Crippen LogP contribution is -2.40. The van der Waals surface area contributed by atoms with Gasteiger partial charge in [0.1, 0.15) is 0 Å². The molecule has 0 aromatic heterocycles. The highest BCUT2D eigenvalue weighted by Gasteiger charge is 2.24. The maximum atomic E-state index is 11.1. The standard InChI is InChI=1S/C13H25N3O3/c1-4-14-13(15-7-5-12(17)19-3)16-8-6-11(9-16)10-18-2/h11H,4-10H2,1-3H3,(H,14,15). The van der Waals surface area contributed by atoms with Gasteiger partial charge < -0.3 is 19.7 Å². The third-order valence-corrected chi connectivity index (χ3v) is 3.13. The summed E-state index contributed by atoms with van der Waals surface area (Å²) in [6.07, 6.45) is 1.44. The number of rotatable bonds is 6. The summed E-state index contributed by atoms with van der Waals surface area (Å²) in [5.74, 6) is 1.22. The van der Waals surface area contributed by atoms with E-state index in [1.165, 1.54) is 7.11 Å². The van der Waals surface area contributed by atoms with Crippen LogP contribution in [-0.2, 0) is 14.3 Å². The van der Waals surface area contributed by atoms with Gasteiger partial charge in [-0.15, -0.1) is 0 Å². The van der Waals surface area contributed by atoms with Crippen LogP contribution in [-0.4, -0.2) is 63.8 Å². The molecule has 1 unspecified atom stereocenters. The first-order valence-corrected chi connectivity index (χ1v) is 6.80. The van der Waals surface area contributed by atoms with Crippen LogP contribution in [0.2, 0.25) is 0 Å². The molecular weight excluding hydrogens is 246 g/mol. The largest absolute Gasteiger partial charge is 0.469 e. The lowest BCUT2D eigenvalue weighted by molar-refractivity contribution is -0.140. The van der Waals surface area contributed by atoms with Crippen LogP contribution >= 0.6 is 0 Å². The molecule has 0 aromatic rings. The number of carbonyl (C=O) groups is 1. The Hall–Kier alpha value is -1.30. The molecule has 1 aliphatic heterocycles. The Morgan fingerprint density at radius 2 is 2.26 bits per heavy atom. The molecule has 1 atom stereocenters. The van der Waals surface area contributed by atoms with E-state index in [0.717, 1.165) is 38.6 Å². The van der Waals surface area contributed by atoms with Gasteiger partial charge in [-0.05, 0) is 13.3 Å². The second-order valence-electron chi connectivity index (χ2n) is 4.62. The quantitative estimate of drug-likeness (QED) is 0.432. The minimum Gasteiger partial charge on any atom is -0.469 e. The predicted molar refractivity (Wildman–Crippen MR) is 74.2 cm³/mol. The van der Waals surface area contributed by atoms with Gasteiger partial charge in [0.25, 0.3) is 0 Å². The Kier molecular flexibility index (Phi) is 7.25. The molecular formula is C13H25N3O3. The van der Waals surface area contributed by atoms with Gasteiger partial charge in [-0.2, -0.15) is 0 Å². The zero-order valence-corrected chi connectivity index (χ0v) is 12.1. The van der Waals surface area contributed by atoms with Crippen LogP contribution in [0.3, 0.4) is 0 Å². The maximum Gasteiger partial charge on any atom is 0.307 e. The fourth-order valence-electron chi connectivity index (χ4n) is 2.18. The molecule has 1 saturated heterocycles. The van der Waals surface area contributed by atoms with Crippen LogP contribution in [0.15, 0.2) is 4.99 Å². The Balaban J connectivity index is 2.47. The van der Waals surface area contributed by atoms with Crippen molar-refractivity contribution in [1.82, 2.24) is 10.2 Å². The number of esters is 1. The molecule has 0 saturated carbocycles. The van der Waals surface area contributed by atoms with E-state index in [9.17, 15) is 4.79 Å². The number of likely N-dealkylation sites (tertiary alicyclic amines) is 1. The summed E-state index contributed by atoms with van der Waals surface area (Å²) in [6, 6.07) is 0. The molecule has 0 aliphatic carbocycles. The van der Waals surface area contributed by atoms with Crippen molar-refractivity contribution in [2.24, 2.45) is 10.9 Å². The second-order valence-corrected chi connectivity index (χ2v) is 4.62. The summed E-state index contributed by atoms with van der Waals surface area (Å²) in [4.78, 5) is 17.8. The highest BCUT2D eigenvalue weighted by atomic mass is 16.5. The Bertz CT molecular complexity index is 308. The average Bonchev–Trinajstić information content (AvgIpc) is 2.86. The summed E-state index contributed by atoms with van der Waals surface area (Å²) in [5.41, 5.74) is 0. The van der Waals surface area contributed by atoms with Crippen LogP contribution in [0.4, 0.5) is 0 Å². The van der Waals surface area contributed by atoms with E-state index in [-0.39, 0.29) is 5.97 Å². The number of nitrogens with zero attached hydrogens (tertiary/aromatic N) is 2. The van der Waals surface area contributed by atoms with E-state index in [1.807, 2.05) is 6.92 Å². The monoisotopic (exact) mass is 271 g/mol. The minimum absolute atomic E-state index is 0.224. The van der Waals surface area contributed by atoms with Gasteiger partial charge in [-0.1, -0.05) is 0 Å². The van der Waals surface area contributed by atoms with Crippen LogP contribution in [0.1, 0.15) is 19.8 Å². The van der Waals surface area contributed by atoms with Crippen molar-refractivity contribution >= 4 is 11.9 Å². The zero-order valence-electron chi connectivity index (χ0n) is 12.1. The zero-order chi connectivity index (χ0) is 14.1. The number of nitrogens with one attached hydrogen (secondary N) is 1. The normalized spacial score (nSPS) is 19.6. The highest BCUT2D eigenvalue weighted by molar-refractivity contribution is 5.80. The Morgan fingerprint density at radius 1 is 1.47 bits per heavy atom. The molecule has 6 nitrogen and oxygen atoms in total. The number of carbonyl (C=O) groups excluding carboxylic acids is 1. The van der Waals surface area contributed by atoms with Gasteiger partial charge in [-0.25, -0.2) is 0 Å². The number of ether oxygens (including phenoxy) is 2. The fraction of sp³-hybridized carbons (Fsp3) is 0.846. The van der Waals surface area contributed by atoms with E-state index in [2.05, 4.69) is 19.9 Å². The first kappa shape index (κ1) is 15.8. The Morgan fingerprint density at radius 3 is 2.89 bits per heavy atom. The molecule has 1 heterocycles. The van der Waals surface area contributed by atoms with Crippen molar-refractivity contribution in [3.63, 3.8) is 0 Å². The molecule has 1 aliphatic rings. The first-order valence-electron chi connectivity index (χ1n) is 6.80.